The van der Waals surface area contributed by atoms with Gasteiger partial charge in [0, 0.05) is 18.1 Å². The second kappa shape index (κ2) is 6.69. The standard InChI is InChI=1S/C13H7ClIN3O3/c14-4-9-1-10(7-17-6-9)21-13-11(15)2-8(5-16)3-12(13)18(19)20/h1-3,6-7H,4H2. The first-order chi connectivity index (χ1) is 10.0. The van der Waals surface area contributed by atoms with Crippen LogP contribution in [-0.2, 0) is 5.88 Å². The molecule has 0 unspecified atom stereocenters. The van der Waals surface area contributed by atoms with Crippen molar-refractivity contribution in [1.29, 1.82) is 5.26 Å². The van der Waals surface area contributed by atoms with Gasteiger partial charge in [-0.05, 0) is 40.3 Å². The van der Waals surface area contributed by atoms with Crippen LogP contribution in [0.15, 0.2) is 30.6 Å². The summed E-state index contributed by atoms with van der Waals surface area (Å²) in [4.78, 5) is 14.5. The molecule has 0 amide bonds. The van der Waals surface area contributed by atoms with E-state index in [4.69, 9.17) is 21.6 Å². The van der Waals surface area contributed by atoms with E-state index in [1.54, 1.807) is 12.3 Å². The van der Waals surface area contributed by atoms with E-state index in [1.807, 2.05) is 28.7 Å². The first-order valence-electron chi connectivity index (χ1n) is 5.61. The van der Waals surface area contributed by atoms with Crippen molar-refractivity contribution in [2.24, 2.45) is 0 Å². The number of nitro groups is 1. The van der Waals surface area contributed by atoms with Crippen molar-refractivity contribution >= 4 is 39.9 Å². The molecular formula is C13H7ClIN3O3. The smallest absolute Gasteiger partial charge is 0.314 e. The van der Waals surface area contributed by atoms with E-state index in [9.17, 15) is 10.1 Å². The molecule has 1 heterocycles. The van der Waals surface area contributed by atoms with Gasteiger partial charge in [0.05, 0.1) is 26.3 Å². The number of halogens is 2. The number of benzene rings is 1. The molecule has 0 fully saturated rings. The first-order valence-corrected chi connectivity index (χ1v) is 7.22. The molecule has 0 atom stereocenters. The molecule has 0 saturated heterocycles. The molecule has 106 valence electrons. The van der Waals surface area contributed by atoms with E-state index in [1.165, 1.54) is 18.3 Å². The highest BCUT2D eigenvalue weighted by Gasteiger charge is 2.21. The SMILES string of the molecule is N#Cc1cc(I)c(Oc2cncc(CCl)c2)c([N+](=O)[O-])c1. The number of alkyl halides is 1. The zero-order chi connectivity index (χ0) is 15.4. The van der Waals surface area contributed by atoms with Gasteiger partial charge in [0.25, 0.3) is 0 Å². The molecule has 2 rings (SSSR count). The highest BCUT2D eigenvalue weighted by Crippen LogP contribution is 2.36. The maximum atomic E-state index is 11.1. The van der Waals surface area contributed by atoms with Gasteiger partial charge in [-0.25, -0.2) is 0 Å². The van der Waals surface area contributed by atoms with Crippen LogP contribution < -0.4 is 4.74 Å². The van der Waals surface area contributed by atoms with Crippen molar-refractivity contribution in [2.75, 3.05) is 0 Å². The Labute approximate surface area is 138 Å². The van der Waals surface area contributed by atoms with E-state index in [0.717, 1.165) is 5.56 Å². The number of nitro benzene ring substituents is 1. The van der Waals surface area contributed by atoms with Crippen LogP contribution in [0.2, 0.25) is 0 Å². The molecule has 0 N–H and O–H groups in total. The second-order valence-corrected chi connectivity index (χ2v) is 5.37. The van der Waals surface area contributed by atoms with Crippen molar-refractivity contribution in [3.63, 3.8) is 0 Å². The van der Waals surface area contributed by atoms with Gasteiger partial charge in [-0.3, -0.25) is 15.1 Å². The number of hydrogen-bond acceptors (Lipinski definition) is 5. The summed E-state index contributed by atoms with van der Waals surface area (Å²) in [5.41, 5.74) is 0.668. The molecule has 2 aromatic rings. The van der Waals surface area contributed by atoms with Crippen LogP contribution in [0.1, 0.15) is 11.1 Å². The molecule has 0 bridgehead atoms. The van der Waals surface area contributed by atoms with Crippen LogP contribution in [0.4, 0.5) is 5.69 Å². The zero-order valence-electron chi connectivity index (χ0n) is 10.4. The number of hydrogen-bond donors (Lipinski definition) is 0. The van der Waals surface area contributed by atoms with Gasteiger partial charge >= 0.3 is 5.69 Å². The normalized spacial score (nSPS) is 9.95. The summed E-state index contributed by atoms with van der Waals surface area (Å²) in [6, 6.07) is 6.22. The highest BCUT2D eigenvalue weighted by molar-refractivity contribution is 14.1. The average molecular weight is 416 g/mol. The summed E-state index contributed by atoms with van der Waals surface area (Å²) in [6.07, 6.45) is 3.02. The number of rotatable bonds is 4. The van der Waals surface area contributed by atoms with Gasteiger partial charge in [0.15, 0.2) is 0 Å². The minimum atomic E-state index is -0.586. The Bertz CT molecular complexity index is 746. The maximum absolute atomic E-state index is 11.1. The summed E-state index contributed by atoms with van der Waals surface area (Å²) in [5, 5.41) is 20.0. The Kier molecular flexibility index (Phi) is 4.93. The summed E-state index contributed by atoms with van der Waals surface area (Å²) < 4.78 is 6.03. The third kappa shape index (κ3) is 3.59. The Morgan fingerprint density at radius 2 is 2.19 bits per heavy atom. The number of ether oxygens (including phenoxy) is 1. The third-order valence-electron chi connectivity index (χ3n) is 2.49. The lowest BCUT2D eigenvalue weighted by atomic mass is 10.2. The fraction of sp³-hybridized carbons (Fsp3) is 0.0769. The maximum Gasteiger partial charge on any atom is 0.314 e. The molecule has 1 aromatic carbocycles. The summed E-state index contributed by atoms with van der Waals surface area (Å²) >= 11 is 7.60. The molecule has 0 aliphatic rings. The van der Waals surface area contributed by atoms with E-state index >= 15 is 0 Å². The first kappa shape index (κ1) is 15.5. The molecule has 0 radical (unpaired) electrons. The topological polar surface area (TPSA) is 89.0 Å². The monoisotopic (exact) mass is 415 g/mol. The van der Waals surface area contributed by atoms with Gasteiger partial charge in [0.1, 0.15) is 5.75 Å². The van der Waals surface area contributed by atoms with Gasteiger partial charge in [-0.1, -0.05) is 0 Å². The van der Waals surface area contributed by atoms with E-state index in [2.05, 4.69) is 4.98 Å². The molecule has 0 aliphatic carbocycles. The quantitative estimate of drug-likeness (QED) is 0.326. The lowest BCUT2D eigenvalue weighted by Gasteiger charge is -2.09. The van der Waals surface area contributed by atoms with E-state index in [0.29, 0.717) is 9.32 Å². The number of nitriles is 1. The average Bonchev–Trinajstić information content (AvgIpc) is 2.49. The van der Waals surface area contributed by atoms with Crippen LogP contribution in [-0.4, -0.2) is 9.91 Å². The zero-order valence-corrected chi connectivity index (χ0v) is 13.3. The third-order valence-corrected chi connectivity index (χ3v) is 3.60. The minimum absolute atomic E-state index is 0.0770. The minimum Gasteiger partial charge on any atom is -0.447 e. The Morgan fingerprint density at radius 1 is 1.43 bits per heavy atom. The number of aromatic nitrogens is 1. The Hall–Kier alpha value is -1.92. The van der Waals surface area contributed by atoms with Crippen molar-refractivity contribution in [3.8, 4) is 17.6 Å². The van der Waals surface area contributed by atoms with Crippen LogP contribution >= 0.6 is 34.2 Å². The van der Waals surface area contributed by atoms with Gasteiger partial charge in [0.2, 0.25) is 5.75 Å². The Balaban J connectivity index is 2.48. The molecular weight excluding hydrogens is 409 g/mol. The van der Waals surface area contributed by atoms with Crippen LogP contribution in [0.3, 0.4) is 0 Å². The second-order valence-electron chi connectivity index (χ2n) is 3.94. The molecule has 8 heteroatoms. The van der Waals surface area contributed by atoms with Crippen LogP contribution in [0.5, 0.6) is 11.5 Å². The van der Waals surface area contributed by atoms with Crippen molar-refractivity contribution < 1.29 is 9.66 Å². The highest BCUT2D eigenvalue weighted by atomic mass is 127. The fourth-order valence-electron chi connectivity index (χ4n) is 1.59. The van der Waals surface area contributed by atoms with Crippen LogP contribution in [0, 0.1) is 25.0 Å². The van der Waals surface area contributed by atoms with Gasteiger partial charge in [-0.15, -0.1) is 11.6 Å². The van der Waals surface area contributed by atoms with E-state index in [-0.39, 0.29) is 22.9 Å². The molecule has 6 nitrogen and oxygen atoms in total. The molecule has 0 spiro atoms. The predicted molar refractivity (Wildman–Crippen MR) is 84.4 cm³/mol. The fourth-order valence-corrected chi connectivity index (χ4v) is 2.46. The lowest BCUT2D eigenvalue weighted by Crippen LogP contribution is -1.97. The molecule has 1 aromatic heterocycles. The number of pyridine rings is 1. The number of nitrogens with zero attached hydrogens (tertiary/aromatic N) is 3. The van der Waals surface area contributed by atoms with Crippen molar-refractivity contribution in [3.05, 3.63) is 55.4 Å². The van der Waals surface area contributed by atoms with Crippen LogP contribution in [0.25, 0.3) is 0 Å². The molecule has 0 saturated carbocycles. The van der Waals surface area contributed by atoms with Crippen molar-refractivity contribution in [1.82, 2.24) is 4.98 Å². The van der Waals surface area contributed by atoms with Gasteiger partial charge < -0.3 is 4.74 Å². The molecule has 21 heavy (non-hydrogen) atoms. The lowest BCUT2D eigenvalue weighted by molar-refractivity contribution is -0.385. The summed E-state index contributed by atoms with van der Waals surface area (Å²) in [6.45, 7) is 0. The summed E-state index contributed by atoms with van der Waals surface area (Å²) in [7, 11) is 0. The summed E-state index contributed by atoms with van der Waals surface area (Å²) in [5.74, 6) is 0.684. The van der Waals surface area contributed by atoms with Gasteiger partial charge in [-0.2, -0.15) is 5.26 Å². The Morgan fingerprint density at radius 3 is 2.81 bits per heavy atom. The van der Waals surface area contributed by atoms with E-state index < -0.39 is 4.92 Å². The predicted octanol–water partition coefficient (Wildman–Crippen LogP) is 4.00. The largest absolute Gasteiger partial charge is 0.447 e. The molecule has 0 aliphatic heterocycles. The van der Waals surface area contributed by atoms with Crippen molar-refractivity contribution in [2.45, 2.75) is 5.88 Å².